The Morgan fingerprint density at radius 3 is 2.42 bits per heavy atom. The third-order valence-electron chi connectivity index (χ3n) is 3.17. The summed E-state index contributed by atoms with van der Waals surface area (Å²) < 4.78 is 51.3. The number of hydrazine groups is 1. The van der Waals surface area contributed by atoms with Crippen LogP contribution in [0.25, 0.3) is 0 Å². The number of aromatic nitrogens is 2. The molecule has 1 unspecified atom stereocenters. The highest BCUT2D eigenvalue weighted by Gasteiger charge is 2.32. The lowest BCUT2D eigenvalue weighted by Crippen LogP contribution is -2.37. The van der Waals surface area contributed by atoms with Gasteiger partial charge < -0.3 is 10.3 Å². The lowest BCUT2D eigenvalue weighted by Gasteiger charge is -2.12. The molecule has 13 heteroatoms. The standard InChI is InChI=1S/C13H13Cl2F3N6OS/c1-2-26(25)9-5-21-24(11(9)19)12(23-20)22-10-7(14)3-6(4-8(10)15)13(16,17)18/h3-5H,2,19-20H2,1H3,(H,22,23). The Balaban J connectivity index is 2.52. The average molecular weight is 429 g/mol. The fourth-order valence-electron chi connectivity index (χ4n) is 1.93. The van der Waals surface area contributed by atoms with Crippen LogP contribution in [0.4, 0.5) is 24.7 Å². The van der Waals surface area contributed by atoms with E-state index in [1.54, 1.807) is 6.92 Å². The molecule has 0 amide bonds. The van der Waals surface area contributed by atoms with Crippen molar-refractivity contribution in [2.75, 3.05) is 11.5 Å². The second kappa shape index (κ2) is 7.92. The van der Waals surface area contributed by atoms with Crippen molar-refractivity contribution in [1.82, 2.24) is 15.2 Å². The molecule has 0 fully saturated rings. The summed E-state index contributed by atoms with van der Waals surface area (Å²) in [4.78, 5) is 4.26. The number of nitrogens with zero attached hydrogens (tertiary/aromatic N) is 3. The number of alkyl halides is 3. The van der Waals surface area contributed by atoms with E-state index in [0.717, 1.165) is 4.68 Å². The fraction of sp³-hybridized carbons (Fsp3) is 0.231. The number of rotatable bonds is 3. The van der Waals surface area contributed by atoms with Gasteiger partial charge in [-0.2, -0.15) is 23.0 Å². The maximum atomic E-state index is 12.8. The van der Waals surface area contributed by atoms with Crippen molar-refractivity contribution >= 4 is 51.8 Å². The van der Waals surface area contributed by atoms with E-state index in [1.807, 2.05) is 0 Å². The van der Waals surface area contributed by atoms with Gasteiger partial charge >= 0.3 is 6.18 Å². The summed E-state index contributed by atoms with van der Waals surface area (Å²) >= 11 is 10.4. The van der Waals surface area contributed by atoms with Crippen LogP contribution in [0.3, 0.4) is 0 Å². The molecule has 0 radical (unpaired) electrons. The van der Waals surface area contributed by atoms with Crippen LogP contribution in [-0.4, -0.2) is 26.0 Å². The van der Waals surface area contributed by atoms with Crippen molar-refractivity contribution in [3.05, 3.63) is 33.9 Å². The Kier molecular flexibility index (Phi) is 6.29. The quantitative estimate of drug-likeness (QED) is 0.228. The summed E-state index contributed by atoms with van der Waals surface area (Å²) in [5.74, 6) is 5.54. The van der Waals surface area contributed by atoms with Gasteiger partial charge in [-0.1, -0.05) is 23.2 Å². The van der Waals surface area contributed by atoms with Crippen molar-refractivity contribution in [1.29, 1.82) is 0 Å². The molecule has 2 aromatic rings. The zero-order valence-corrected chi connectivity index (χ0v) is 15.5. The van der Waals surface area contributed by atoms with Crippen LogP contribution in [0.15, 0.2) is 28.2 Å². The molecule has 0 aliphatic rings. The number of hydrogen-bond donors (Lipinski definition) is 3. The number of nitrogens with two attached hydrogens (primary N) is 2. The topological polar surface area (TPSA) is 117 Å². The number of aliphatic imine (C=N–C) groups is 1. The molecule has 1 aromatic carbocycles. The molecule has 5 N–H and O–H groups in total. The Bertz CT molecular complexity index is 819. The Hall–Kier alpha value is -1.66. The summed E-state index contributed by atoms with van der Waals surface area (Å²) in [6.07, 6.45) is -3.34. The van der Waals surface area contributed by atoms with Crippen molar-refractivity contribution < 1.29 is 17.7 Å². The lowest BCUT2D eigenvalue weighted by atomic mass is 10.2. The highest BCUT2D eigenvalue weighted by molar-refractivity contribution is 7.91. The van der Waals surface area contributed by atoms with Gasteiger partial charge in [0.1, 0.15) is 17.6 Å². The number of hydrogen-bond acceptors (Lipinski definition) is 5. The van der Waals surface area contributed by atoms with Crippen molar-refractivity contribution in [2.45, 2.75) is 18.0 Å². The molecule has 0 saturated carbocycles. The minimum Gasteiger partial charge on any atom is -0.611 e. The van der Waals surface area contributed by atoms with Gasteiger partial charge in [0.25, 0.3) is 0 Å². The number of nitrogens with one attached hydrogen (secondary N) is 1. The third kappa shape index (κ3) is 4.18. The van der Waals surface area contributed by atoms with Gasteiger partial charge in [-0.25, -0.2) is 10.8 Å². The fourth-order valence-corrected chi connectivity index (χ4v) is 3.29. The van der Waals surface area contributed by atoms with Crippen LogP contribution in [-0.2, 0) is 17.4 Å². The predicted molar refractivity (Wildman–Crippen MR) is 94.9 cm³/mol. The van der Waals surface area contributed by atoms with Crippen LogP contribution in [0.5, 0.6) is 0 Å². The maximum absolute atomic E-state index is 12.8. The van der Waals surface area contributed by atoms with Crippen LogP contribution < -0.4 is 17.0 Å². The minimum absolute atomic E-state index is 0.000963. The lowest BCUT2D eigenvalue weighted by molar-refractivity contribution is -0.137. The Labute approximate surface area is 159 Å². The van der Waals surface area contributed by atoms with E-state index in [2.05, 4.69) is 15.5 Å². The highest BCUT2D eigenvalue weighted by Crippen LogP contribution is 2.40. The minimum atomic E-state index is -4.62. The maximum Gasteiger partial charge on any atom is 0.416 e. The summed E-state index contributed by atoms with van der Waals surface area (Å²) in [7, 11) is 0. The van der Waals surface area contributed by atoms with E-state index in [9.17, 15) is 17.7 Å². The normalized spacial score (nSPS) is 13.8. The largest absolute Gasteiger partial charge is 0.611 e. The molecule has 0 spiro atoms. The SMILES string of the molecule is CC[S+]([O-])c1cnn(C(=Nc2c(Cl)cc(C(F)(F)F)cc2Cl)NN)c1N. The average Bonchev–Trinajstić information content (AvgIpc) is 2.94. The Morgan fingerprint density at radius 1 is 1.38 bits per heavy atom. The predicted octanol–water partition coefficient (Wildman–Crippen LogP) is 2.92. The molecule has 1 atom stereocenters. The first-order valence-electron chi connectivity index (χ1n) is 6.93. The first-order valence-corrected chi connectivity index (χ1v) is 9.01. The molecule has 0 aliphatic heterocycles. The highest BCUT2D eigenvalue weighted by atomic mass is 35.5. The second-order valence-electron chi connectivity index (χ2n) is 4.81. The molecule has 1 aromatic heterocycles. The molecule has 2 rings (SSSR count). The van der Waals surface area contributed by atoms with E-state index >= 15 is 0 Å². The van der Waals surface area contributed by atoms with Crippen molar-refractivity contribution in [3.63, 3.8) is 0 Å². The zero-order chi connectivity index (χ0) is 19.6. The van der Waals surface area contributed by atoms with Gasteiger partial charge in [0.15, 0.2) is 5.82 Å². The van der Waals surface area contributed by atoms with Crippen LogP contribution in [0.2, 0.25) is 10.0 Å². The van der Waals surface area contributed by atoms with E-state index in [4.69, 9.17) is 34.8 Å². The summed E-state index contributed by atoms with van der Waals surface area (Å²) in [6, 6.07) is 1.37. The van der Waals surface area contributed by atoms with E-state index in [1.165, 1.54) is 6.20 Å². The Morgan fingerprint density at radius 2 is 1.96 bits per heavy atom. The number of benzene rings is 1. The van der Waals surface area contributed by atoms with Crippen LogP contribution >= 0.6 is 23.2 Å². The summed E-state index contributed by atoms with van der Waals surface area (Å²) in [6.45, 7) is 1.70. The first kappa shape index (κ1) is 20.6. The molecule has 0 saturated heterocycles. The van der Waals surface area contributed by atoms with Crippen LogP contribution in [0.1, 0.15) is 12.5 Å². The molecule has 0 bridgehead atoms. The van der Waals surface area contributed by atoms with Crippen LogP contribution in [0, 0.1) is 0 Å². The van der Waals surface area contributed by atoms with Gasteiger partial charge in [0.05, 0.1) is 15.6 Å². The smallest absolute Gasteiger partial charge is 0.416 e. The van der Waals surface area contributed by atoms with Gasteiger partial charge in [-0.3, -0.25) is 5.43 Å². The van der Waals surface area contributed by atoms with Gasteiger partial charge in [-0.15, -0.1) is 0 Å². The molecule has 7 nitrogen and oxygen atoms in total. The second-order valence-corrected chi connectivity index (χ2v) is 7.33. The molecular weight excluding hydrogens is 416 g/mol. The van der Waals surface area contributed by atoms with Crippen molar-refractivity contribution in [2.24, 2.45) is 10.8 Å². The summed E-state index contributed by atoms with van der Waals surface area (Å²) in [5, 5.41) is 3.23. The van der Waals surface area contributed by atoms with Crippen molar-refractivity contribution in [3.8, 4) is 0 Å². The van der Waals surface area contributed by atoms with Gasteiger partial charge in [0.2, 0.25) is 10.9 Å². The van der Waals surface area contributed by atoms with E-state index in [0.29, 0.717) is 17.9 Å². The molecule has 142 valence electrons. The number of anilines is 1. The molecule has 26 heavy (non-hydrogen) atoms. The van der Waals surface area contributed by atoms with E-state index in [-0.39, 0.29) is 32.4 Å². The van der Waals surface area contributed by atoms with Gasteiger partial charge in [-0.05, 0) is 30.2 Å². The summed E-state index contributed by atoms with van der Waals surface area (Å²) in [5.41, 5.74) is 6.91. The first-order chi connectivity index (χ1) is 12.1. The number of nitrogen functional groups attached to an aromatic ring is 1. The zero-order valence-electron chi connectivity index (χ0n) is 13.1. The molecule has 0 aliphatic carbocycles. The monoisotopic (exact) mass is 428 g/mol. The number of halogens is 5. The molecule has 1 heterocycles. The van der Waals surface area contributed by atoms with E-state index < -0.39 is 22.9 Å². The van der Waals surface area contributed by atoms with Gasteiger partial charge in [0, 0.05) is 0 Å². The molecular formula is C13H13Cl2F3N6OS. The third-order valence-corrected chi connectivity index (χ3v) is 5.08.